The van der Waals surface area contributed by atoms with Crippen LogP contribution in [-0.4, -0.2) is 27.0 Å². The highest BCUT2D eigenvalue weighted by Crippen LogP contribution is 2.37. The standard InChI is InChI=1S/C18H18F5N3O/c1-2-12-3-5-13(6-4-12)16-24-11-26(25-16)14-7-9-15(10-8-14)27-18(22,23)17(19,20)21/h5,7-12H,2-4,6H2,1H3. The summed E-state index contributed by atoms with van der Waals surface area (Å²) in [5.41, 5.74) is 1.53. The molecule has 4 nitrogen and oxygen atoms in total. The van der Waals surface area contributed by atoms with E-state index in [9.17, 15) is 22.0 Å². The summed E-state index contributed by atoms with van der Waals surface area (Å²) in [6.07, 6.45) is -3.34. The summed E-state index contributed by atoms with van der Waals surface area (Å²) in [6.45, 7) is 2.16. The van der Waals surface area contributed by atoms with Crippen LogP contribution in [0.5, 0.6) is 5.75 Å². The van der Waals surface area contributed by atoms with E-state index in [1.165, 1.54) is 23.1 Å². The summed E-state index contributed by atoms with van der Waals surface area (Å²) < 4.78 is 67.6. The van der Waals surface area contributed by atoms with Gasteiger partial charge in [0, 0.05) is 0 Å². The Morgan fingerprint density at radius 1 is 1.15 bits per heavy atom. The van der Waals surface area contributed by atoms with Crippen LogP contribution in [-0.2, 0) is 0 Å². The maximum absolute atomic E-state index is 12.9. The Kier molecular flexibility index (Phi) is 5.21. The zero-order valence-electron chi connectivity index (χ0n) is 14.5. The Balaban J connectivity index is 1.72. The number of hydrogen-bond acceptors (Lipinski definition) is 3. The van der Waals surface area contributed by atoms with E-state index in [-0.39, 0.29) is 0 Å². The first kappa shape index (κ1) is 19.3. The molecule has 0 saturated heterocycles. The summed E-state index contributed by atoms with van der Waals surface area (Å²) in [7, 11) is 0. The minimum absolute atomic E-state index is 0.472. The molecule has 1 aromatic carbocycles. The Morgan fingerprint density at radius 3 is 2.41 bits per heavy atom. The lowest BCUT2D eigenvalue weighted by atomic mass is 9.88. The van der Waals surface area contributed by atoms with E-state index < -0.39 is 18.0 Å². The second-order valence-corrected chi connectivity index (χ2v) is 6.40. The third kappa shape index (κ3) is 4.28. The Bertz CT molecular complexity index is 811. The van der Waals surface area contributed by atoms with Crippen molar-refractivity contribution in [2.75, 3.05) is 0 Å². The Labute approximate surface area is 152 Å². The summed E-state index contributed by atoms with van der Waals surface area (Å²) in [6, 6.07) is 4.73. The van der Waals surface area contributed by atoms with Gasteiger partial charge >= 0.3 is 12.3 Å². The molecule has 146 valence electrons. The number of rotatable bonds is 5. The largest absolute Gasteiger partial charge is 0.499 e. The number of allylic oxidation sites excluding steroid dienone is 2. The molecule has 0 aliphatic heterocycles. The molecule has 1 heterocycles. The summed E-state index contributed by atoms with van der Waals surface area (Å²) in [5, 5.41) is 4.37. The predicted molar refractivity (Wildman–Crippen MR) is 88.6 cm³/mol. The van der Waals surface area contributed by atoms with Gasteiger partial charge in [-0.2, -0.15) is 22.0 Å². The molecule has 0 radical (unpaired) electrons. The highest BCUT2D eigenvalue weighted by Gasteiger charge is 2.61. The second kappa shape index (κ2) is 7.28. The molecule has 27 heavy (non-hydrogen) atoms. The molecule has 9 heteroatoms. The van der Waals surface area contributed by atoms with Crippen molar-refractivity contribution in [3.05, 3.63) is 42.5 Å². The quantitative estimate of drug-likeness (QED) is 0.646. The molecule has 2 aromatic rings. The number of alkyl halides is 5. The molecule has 1 unspecified atom stereocenters. The molecular formula is C18H18F5N3O. The van der Waals surface area contributed by atoms with Crippen LogP contribution in [0.4, 0.5) is 22.0 Å². The van der Waals surface area contributed by atoms with Crippen LogP contribution in [0.3, 0.4) is 0 Å². The number of benzene rings is 1. The van der Waals surface area contributed by atoms with Crippen molar-refractivity contribution < 1.29 is 26.7 Å². The molecule has 1 atom stereocenters. The summed E-state index contributed by atoms with van der Waals surface area (Å²) in [4.78, 5) is 4.26. The van der Waals surface area contributed by atoms with Crippen LogP contribution in [0.1, 0.15) is 38.4 Å². The van der Waals surface area contributed by atoms with Crippen LogP contribution in [0.2, 0.25) is 0 Å². The van der Waals surface area contributed by atoms with Gasteiger partial charge in [0.1, 0.15) is 12.1 Å². The first-order valence-corrected chi connectivity index (χ1v) is 8.54. The van der Waals surface area contributed by atoms with Gasteiger partial charge in [0.15, 0.2) is 5.82 Å². The van der Waals surface area contributed by atoms with Crippen molar-refractivity contribution >= 4 is 5.57 Å². The van der Waals surface area contributed by atoms with Crippen LogP contribution in [0.15, 0.2) is 36.7 Å². The highest BCUT2D eigenvalue weighted by molar-refractivity contribution is 5.60. The summed E-state index contributed by atoms with van der Waals surface area (Å²) in [5.74, 6) is 0.675. The van der Waals surface area contributed by atoms with Crippen LogP contribution in [0, 0.1) is 5.92 Å². The number of nitrogens with zero attached hydrogens (tertiary/aromatic N) is 3. The van der Waals surface area contributed by atoms with E-state index in [1.54, 1.807) is 0 Å². The van der Waals surface area contributed by atoms with Gasteiger partial charge in [0.25, 0.3) is 0 Å². The zero-order valence-corrected chi connectivity index (χ0v) is 14.5. The number of ether oxygens (including phenoxy) is 1. The number of aromatic nitrogens is 3. The third-order valence-corrected chi connectivity index (χ3v) is 4.55. The average molecular weight is 387 g/mol. The molecule has 1 aromatic heterocycles. The van der Waals surface area contributed by atoms with Crippen molar-refractivity contribution in [1.29, 1.82) is 0 Å². The lowest BCUT2D eigenvalue weighted by Crippen LogP contribution is -2.41. The molecule has 0 N–H and O–H groups in total. The monoisotopic (exact) mass is 387 g/mol. The molecule has 1 aliphatic carbocycles. The molecular weight excluding hydrogens is 369 g/mol. The van der Waals surface area contributed by atoms with E-state index in [0.29, 0.717) is 17.4 Å². The van der Waals surface area contributed by atoms with Crippen molar-refractivity contribution in [3.8, 4) is 11.4 Å². The van der Waals surface area contributed by atoms with Gasteiger partial charge in [-0.3, -0.25) is 0 Å². The lowest BCUT2D eigenvalue weighted by molar-refractivity contribution is -0.360. The molecule has 1 aliphatic rings. The normalized spacial score (nSPS) is 18.3. The Morgan fingerprint density at radius 2 is 1.85 bits per heavy atom. The zero-order chi connectivity index (χ0) is 19.7. The lowest BCUT2D eigenvalue weighted by Gasteiger charge is -2.20. The molecule has 3 rings (SSSR count). The van der Waals surface area contributed by atoms with Gasteiger partial charge in [0.2, 0.25) is 0 Å². The minimum Gasteiger partial charge on any atom is -0.426 e. The SMILES string of the molecule is CCC1CC=C(c2ncn(-c3ccc(OC(F)(F)C(F)(F)F)cc3)n2)CC1. The van der Waals surface area contributed by atoms with Gasteiger partial charge in [-0.25, -0.2) is 9.67 Å². The smallest absolute Gasteiger partial charge is 0.426 e. The molecule has 0 bridgehead atoms. The van der Waals surface area contributed by atoms with Gasteiger partial charge < -0.3 is 4.74 Å². The maximum atomic E-state index is 12.9. The first-order chi connectivity index (χ1) is 12.7. The molecule has 0 saturated carbocycles. The van der Waals surface area contributed by atoms with Crippen LogP contribution < -0.4 is 4.74 Å². The van der Waals surface area contributed by atoms with Gasteiger partial charge in [-0.15, -0.1) is 5.10 Å². The van der Waals surface area contributed by atoms with Crippen molar-refractivity contribution in [2.45, 2.75) is 44.9 Å². The minimum atomic E-state index is -5.78. The van der Waals surface area contributed by atoms with Gasteiger partial charge in [-0.1, -0.05) is 19.4 Å². The van der Waals surface area contributed by atoms with Gasteiger partial charge in [0.05, 0.1) is 5.69 Å². The van der Waals surface area contributed by atoms with Crippen LogP contribution >= 0.6 is 0 Å². The molecule has 0 spiro atoms. The fourth-order valence-electron chi connectivity index (χ4n) is 2.87. The number of halogens is 5. The molecule has 0 amide bonds. The van der Waals surface area contributed by atoms with E-state index in [1.807, 2.05) is 0 Å². The average Bonchev–Trinajstić information content (AvgIpc) is 3.11. The highest BCUT2D eigenvalue weighted by atomic mass is 19.4. The second-order valence-electron chi connectivity index (χ2n) is 6.40. The first-order valence-electron chi connectivity index (χ1n) is 8.54. The summed E-state index contributed by atoms with van der Waals surface area (Å²) >= 11 is 0. The van der Waals surface area contributed by atoms with E-state index in [0.717, 1.165) is 43.4 Å². The van der Waals surface area contributed by atoms with Crippen LogP contribution in [0.25, 0.3) is 11.3 Å². The topological polar surface area (TPSA) is 39.9 Å². The third-order valence-electron chi connectivity index (χ3n) is 4.55. The fourth-order valence-corrected chi connectivity index (χ4v) is 2.87. The van der Waals surface area contributed by atoms with Crippen molar-refractivity contribution in [2.24, 2.45) is 5.92 Å². The van der Waals surface area contributed by atoms with E-state index in [4.69, 9.17) is 0 Å². The van der Waals surface area contributed by atoms with Gasteiger partial charge in [-0.05, 0) is 55.0 Å². The number of hydrogen-bond donors (Lipinski definition) is 0. The fraction of sp³-hybridized carbons (Fsp3) is 0.444. The molecule has 0 fully saturated rings. The van der Waals surface area contributed by atoms with E-state index in [2.05, 4.69) is 27.8 Å². The Hall–Kier alpha value is -2.45. The van der Waals surface area contributed by atoms with E-state index >= 15 is 0 Å². The van der Waals surface area contributed by atoms with Crippen molar-refractivity contribution in [1.82, 2.24) is 14.8 Å². The predicted octanol–water partition coefficient (Wildman–Crippen LogP) is 5.39. The van der Waals surface area contributed by atoms with Crippen molar-refractivity contribution in [3.63, 3.8) is 0 Å². The maximum Gasteiger partial charge on any atom is 0.499 e.